The van der Waals surface area contributed by atoms with E-state index in [4.69, 9.17) is 9.52 Å². The number of nitrogens with zero attached hydrogens (tertiary/aromatic N) is 1. The lowest BCUT2D eigenvalue weighted by Gasteiger charge is -2.20. The van der Waals surface area contributed by atoms with Crippen LogP contribution in [0.15, 0.2) is 28.9 Å². The lowest BCUT2D eigenvalue weighted by molar-refractivity contribution is 0.204. The van der Waals surface area contributed by atoms with Gasteiger partial charge < -0.3 is 20.2 Å². The van der Waals surface area contributed by atoms with Gasteiger partial charge in [0, 0.05) is 23.9 Å². The number of anilines is 1. The molecule has 2 atom stereocenters. The summed E-state index contributed by atoms with van der Waals surface area (Å²) < 4.78 is 5.39. The Kier molecular flexibility index (Phi) is 5.39. The second-order valence-electron chi connectivity index (χ2n) is 5.87. The minimum atomic E-state index is -0.304. The molecular weight excluding hydrogens is 294 g/mol. The summed E-state index contributed by atoms with van der Waals surface area (Å²) in [6, 6.07) is 5.21. The number of benzene rings is 1. The molecular formula is C17H23N3O3. The van der Waals surface area contributed by atoms with E-state index in [0.717, 1.165) is 16.8 Å². The van der Waals surface area contributed by atoms with Crippen LogP contribution in [0.2, 0.25) is 0 Å². The number of oxazole rings is 1. The SMILES string of the molecule is Cc1coc(-c2ccc(C)c(NC(=O)NC(C)C(C)CO)c2)n1. The third-order valence-electron chi connectivity index (χ3n) is 3.85. The molecule has 0 aliphatic rings. The first kappa shape index (κ1) is 17.0. The molecule has 0 aliphatic carbocycles. The minimum absolute atomic E-state index is 0.0107. The van der Waals surface area contributed by atoms with E-state index in [2.05, 4.69) is 15.6 Å². The van der Waals surface area contributed by atoms with E-state index in [1.54, 1.807) is 6.26 Å². The fourth-order valence-electron chi connectivity index (χ4n) is 2.04. The molecule has 6 nitrogen and oxygen atoms in total. The summed E-state index contributed by atoms with van der Waals surface area (Å²) in [7, 11) is 0. The zero-order valence-corrected chi connectivity index (χ0v) is 13.9. The highest BCUT2D eigenvalue weighted by molar-refractivity contribution is 5.91. The Morgan fingerprint density at radius 2 is 2.09 bits per heavy atom. The van der Waals surface area contributed by atoms with Crippen molar-refractivity contribution >= 4 is 11.7 Å². The Hall–Kier alpha value is -2.34. The number of hydrogen-bond donors (Lipinski definition) is 3. The summed E-state index contributed by atoms with van der Waals surface area (Å²) >= 11 is 0. The first-order chi connectivity index (χ1) is 10.9. The van der Waals surface area contributed by atoms with Gasteiger partial charge in [-0.3, -0.25) is 0 Å². The first-order valence-corrected chi connectivity index (χ1v) is 7.62. The molecule has 2 rings (SSSR count). The van der Waals surface area contributed by atoms with E-state index in [1.165, 1.54) is 0 Å². The molecule has 1 aromatic carbocycles. The topological polar surface area (TPSA) is 87.4 Å². The highest BCUT2D eigenvalue weighted by Gasteiger charge is 2.15. The Morgan fingerprint density at radius 1 is 1.35 bits per heavy atom. The number of carbonyl (C=O) groups is 1. The molecule has 23 heavy (non-hydrogen) atoms. The van der Waals surface area contributed by atoms with Crippen molar-refractivity contribution in [2.24, 2.45) is 5.92 Å². The smallest absolute Gasteiger partial charge is 0.319 e. The highest BCUT2D eigenvalue weighted by atomic mass is 16.3. The zero-order valence-electron chi connectivity index (χ0n) is 13.9. The van der Waals surface area contributed by atoms with Gasteiger partial charge >= 0.3 is 6.03 Å². The third-order valence-corrected chi connectivity index (χ3v) is 3.85. The van der Waals surface area contributed by atoms with Gasteiger partial charge in [-0.15, -0.1) is 0 Å². The van der Waals surface area contributed by atoms with E-state index in [1.807, 2.05) is 45.9 Å². The molecule has 6 heteroatoms. The van der Waals surface area contributed by atoms with Gasteiger partial charge in [-0.1, -0.05) is 13.0 Å². The number of amides is 2. The molecule has 0 saturated carbocycles. The number of aliphatic hydroxyl groups excluding tert-OH is 1. The van der Waals surface area contributed by atoms with Crippen molar-refractivity contribution in [2.45, 2.75) is 33.7 Å². The predicted octanol–water partition coefficient (Wildman–Crippen LogP) is 3.10. The average molecular weight is 317 g/mol. The summed E-state index contributed by atoms with van der Waals surface area (Å²) in [5, 5.41) is 14.8. The van der Waals surface area contributed by atoms with Gasteiger partial charge in [0.25, 0.3) is 0 Å². The van der Waals surface area contributed by atoms with Gasteiger partial charge in [0.2, 0.25) is 5.89 Å². The number of nitrogens with one attached hydrogen (secondary N) is 2. The number of urea groups is 1. The number of aryl methyl sites for hydroxylation is 2. The molecule has 0 spiro atoms. The lowest BCUT2D eigenvalue weighted by atomic mass is 10.1. The predicted molar refractivity (Wildman–Crippen MR) is 89.3 cm³/mol. The maximum atomic E-state index is 12.1. The highest BCUT2D eigenvalue weighted by Crippen LogP contribution is 2.25. The Bertz CT molecular complexity index is 681. The Balaban J connectivity index is 2.12. The van der Waals surface area contributed by atoms with Gasteiger partial charge in [-0.05, 0) is 44.4 Å². The standard InChI is InChI=1S/C17H23N3O3/c1-10-5-6-14(16-18-12(3)9-23-16)7-15(10)20-17(22)19-13(4)11(2)8-21/h5-7,9,11,13,21H,8H2,1-4H3,(H2,19,20,22). The van der Waals surface area contributed by atoms with Gasteiger partial charge in [0.1, 0.15) is 6.26 Å². The molecule has 2 amide bonds. The summed E-state index contributed by atoms with van der Waals surface area (Å²) in [5.41, 5.74) is 3.24. The zero-order chi connectivity index (χ0) is 17.0. The van der Waals surface area contributed by atoms with Crippen molar-refractivity contribution in [2.75, 3.05) is 11.9 Å². The Morgan fingerprint density at radius 3 is 2.70 bits per heavy atom. The van der Waals surface area contributed by atoms with Gasteiger partial charge in [-0.25, -0.2) is 9.78 Å². The van der Waals surface area contributed by atoms with Gasteiger partial charge in [-0.2, -0.15) is 0 Å². The van der Waals surface area contributed by atoms with Crippen molar-refractivity contribution in [1.29, 1.82) is 0 Å². The van der Waals surface area contributed by atoms with Crippen LogP contribution in [-0.4, -0.2) is 28.8 Å². The van der Waals surface area contributed by atoms with E-state index in [9.17, 15) is 4.79 Å². The summed E-state index contributed by atoms with van der Waals surface area (Å²) in [6.45, 7) is 7.54. The van der Waals surface area contributed by atoms with Crippen LogP contribution in [-0.2, 0) is 0 Å². The number of aliphatic hydroxyl groups is 1. The maximum absolute atomic E-state index is 12.1. The molecule has 0 bridgehead atoms. The minimum Gasteiger partial charge on any atom is -0.444 e. The van der Waals surface area contributed by atoms with Crippen LogP contribution in [0.5, 0.6) is 0 Å². The van der Waals surface area contributed by atoms with Crippen molar-refractivity contribution < 1.29 is 14.3 Å². The molecule has 3 N–H and O–H groups in total. The average Bonchev–Trinajstić information content (AvgIpc) is 2.95. The quantitative estimate of drug-likeness (QED) is 0.791. The molecule has 0 fully saturated rings. The third kappa shape index (κ3) is 4.32. The van der Waals surface area contributed by atoms with Crippen molar-refractivity contribution in [1.82, 2.24) is 10.3 Å². The summed E-state index contributed by atoms with van der Waals surface area (Å²) in [4.78, 5) is 16.4. The normalized spacial score (nSPS) is 13.4. The van der Waals surface area contributed by atoms with E-state index in [-0.39, 0.29) is 24.6 Å². The van der Waals surface area contributed by atoms with Gasteiger partial charge in [0.05, 0.1) is 5.69 Å². The molecule has 2 aromatic rings. The van der Waals surface area contributed by atoms with Crippen LogP contribution in [0.1, 0.15) is 25.1 Å². The molecule has 1 aromatic heterocycles. The van der Waals surface area contributed by atoms with E-state index >= 15 is 0 Å². The molecule has 0 saturated heterocycles. The van der Waals surface area contributed by atoms with Crippen LogP contribution < -0.4 is 10.6 Å². The molecule has 0 radical (unpaired) electrons. The molecule has 1 heterocycles. The van der Waals surface area contributed by atoms with E-state index < -0.39 is 0 Å². The Labute approximate surface area is 135 Å². The van der Waals surface area contributed by atoms with Gasteiger partial charge in [0.15, 0.2) is 0 Å². The monoisotopic (exact) mass is 317 g/mol. The summed E-state index contributed by atoms with van der Waals surface area (Å²) in [6.07, 6.45) is 1.59. The summed E-state index contributed by atoms with van der Waals surface area (Å²) in [5.74, 6) is 0.511. The van der Waals surface area contributed by atoms with Crippen LogP contribution >= 0.6 is 0 Å². The number of aromatic nitrogens is 1. The fourth-order valence-corrected chi connectivity index (χ4v) is 2.04. The van der Waals surface area contributed by atoms with Crippen LogP contribution in [0.3, 0.4) is 0 Å². The first-order valence-electron chi connectivity index (χ1n) is 7.62. The van der Waals surface area contributed by atoms with Crippen LogP contribution in [0, 0.1) is 19.8 Å². The lowest BCUT2D eigenvalue weighted by Crippen LogP contribution is -2.40. The largest absolute Gasteiger partial charge is 0.444 e. The maximum Gasteiger partial charge on any atom is 0.319 e. The number of carbonyl (C=O) groups excluding carboxylic acids is 1. The van der Waals surface area contributed by atoms with Crippen LogP contribution in [0.25, 0.3) is 11.5 Å². The van der Waals surface area contributed by atoms with E-state index in [0.29, 0.717) is 11.6 Å². The molecule has 124 valence electrons. The molecule has 2 unspecified atom stereocenters. The van der Waals surface area contributed by atoms with Crippen LogP contribution in [0.4, 0.5) is 10.5 Å². The second-order valence-corrected chi connectivity index (χ2v) is 5.87. The van der Waals surface area contributed by atoms with Crippen molar-refractivity contribution in [3.8, 4) is 11.5 Å². The van der Waals surface area contributed by atoms with Crippen molar-refractivity contribution in [3.63, 3.8) is 0 Å². The fraction of sp³-hybridized carbons (Fsp3) is 0.412. The number of hydrogen-bond acceptors (Lipinski definition) is 4. The second kappa shape index (κ2) is 7.28. The molecule has 0 aliphatic heterocycles. The van der Waals surface area contributed by atoms with Crippen molar-refractivity contribution in [3.05, 3.63) is 35.7 Å². The number of rotatable bonds is 5.